The van der Waals surface area contributed by atoms with Crippen molar-refractivity contribution in [1.29, 1.82) is 0 Å². The van der Waals surface area contributed by atoms with Crippen LogP contribution >= 0.6 is 0 Å². The van der Waals surface area contributed by atoms with Crippen molar-refractivity contribution in [2.45, 2.75) is 45.1 Å². The molecule has 0 aliphatic carbocycles. The Balaban J connectivity index is 1.81. The molecular weight excluding hydrogens is 601 g/mol. The minimum Gasteiger partial charge on any atom is -0.393 e. The fourth-order valence-corrected chi connectivity index (χ4v) is 5.45. The molecule has 0 bridgehead atoms. The molecule has 2 aromatic rings. The second kappa shape index (κ2) is 13.9. The van der Waals surface area contributed by atoms with Crippen molar-refractivity contribution in [1.82, 2.24) is 20.2 Å². The van der Waals surface area contributed by atoms with Gasteiger partial charge in [-0.1, -0.05) is 0 Å². The van der Waals surface area contributed by atoms with Gasteiger partial charge in [0.1, 0.15) is 17.8 Å². The van der Waals surface area contributed by atoms with Crippen LogP contribution in [0.25, 0.3) is 11.1 Å². The van der Waals surface area contributed by atoms with E-state index < -0.39 is 46.1 Å². The minimum atomic E-state index is -5.09. The molecule has 2 fully saturated rings. The quantitative estimate of drug-likeness (QED) is 0.193. The highest BCUT2D eigenvalue weighted by atomic mass is 19.4. The number of morpholine rings is 1. The van der Waals surface area contributed by atoms with Crippen molar-refractivity contribution in [3.63, 3.8) is 0 Å². The lowest BCUT2D eigenvalue weighted by Gasteiger charge is -2.44. The van der Waals surface area contributed by atoms with Crippen LogP contribution in [0.3, 0.4) is 0 Å². The third-order valence-electron chi connectivity index (χ3n) is 7.95. The van der Waals surface area contributed by atoms with E-state index in [2.05, 4.69) is 25.5 Å². The van der Waals surface area contributed by atoms with Gasteiger partial charge in [0.15, 0.2) is 5.82 Å². The summed E-state index contributed by atoms with van der Waals surface area (Å²) in [4.78, 5) is 38.7. The predicted molar refractivity (Wildman–Crippen MR) is 160 cm³/mol. The van der Waals surface area contributed by atoms with Gasteiger partial charge >= 0.3 is 6.18 Å². The fourth-order valence-electron chi connectivity index (χ4n) is 5.45. The van der Waals surface area contributed by atoms with Crippen LogP contribution in [0.1, 0.15) is 20.8 Å². The molecule has 244 valence electrons. The molecule has 1 aromatic heterocycles. The average Bonchev–Trinajstić information content (AvgIpc) is 2.98. The lowest BCUT2D eigenvalue weighted by atomic mass is 10.0. The van der Waals surface area contributed by atoms with Gasteiger partial charge < -0.3 is 25.2 Å². The summed E-state index contributed by atoms with van der Waals surface area (Å²) in [5.74, 6) is -3.22. The summed E-state index contributed by atoms with van der Waals surface area (Å²) < 4.78 is 79.4. The number of carbonyl (C=O) groups is 2. The number of hydrogen-bond donors (Lipinski definition) is 2. The highest BCUT2D eigenvalue weighted by Gasteiger charge is 2.39. The molecule has 2 N–H and O–H groups in total. The van der Waals surface area contributed by atoms with E-state index in [0.717, 1.165) is 12.3 Å². The maximum absolute atomic E-state index is 16.5. The van der Waals surface area contributed by atoms with E-state index in [1.54, 1.807) is 4.90 Å². The Morgan fingerprint density at radius 2 is 1.71 bits per heavy atom. The first-order valence-electron chi connectivity index (χ1n) is 14.4. The lowest BCUT2D eigenvalue weighted by Crippen LogP contribution is -2.55. The van der Waals surface area contributed by atoms with E-state index in [4.69, 9.17) is 4.74 Å². The number of hydrogen-bond acceptors (Lipinski definition) is 9. The van der Waals surface area contributed by atoms with Gasteiger partial charge in [-0.15, -0.1) is 0 Å². The van der Waals surface area contributed by atoms with E-state index in [9.17, 15) is 22.8 Å². The molecule has 3 atom stereocenters. The number of anilines is 3. The van der Waals surface area contributed by atoms with Gasteiger partial charge in [0, 0.05) is 75.5 Å². The Morgan fingerprint density at radius 3 is 2.27 bits per heavy atom. The van der Waals surface area contributed by atoms with Gasteiger partial charge in [0.2, 0.25) is 5.95 Å². The van der Waals surface area contributed by atoms with Gasteiger partial charge in [0.25, 0.3) is 5.91 Å². The Bertz CT molecular complexity index is 1450. The predicted octanol–water partition coefficient (Wildman–Crippen LogP) is 3.91. The number of nitrogens with one attached hydrogen (secondary N) is 2. The molecule has 4 rings (SSSR count). The zero-order valence-corrected chi connectivity index (χ0v) is 25.6. The maximum Gasteiger partial charge on any atom is 0.417 e. The van der Waals surface area contributed by atoms with Gasteiger partial charge in [-0.25, -0.2) is 18.7 Å². The van der Waals surface area contributed by atoms with Crippen molar-refractivity contribution in [3.8, 4) is 11.1 Å². The van der Waals surface area contributed by atoms with E-state index in [0.29, 0.717) is 38.7 Å². The van der Waals surface area contributed by atoms with Crippen molar-refractivity contribution >= 4 is 29.5 Å². The van der Waals surface area contributed by atoms with E-state index in [1.165, 1.54) is 19.4 Å². The van der Waals surface area contributed by atoms with Crippen molar-refractivity contribution in [3.05, 3.63) is 53.5 Å². The van der Waals surface area contributed by atoms with Crippen LogP contribution in [-0.2, 0) is 14.3 Å². The molecule has 15 heteroatoms. The number of allylic oxidation sites excluding steroid dienone is 1. The second-order valence-corrected chi connectivity index (χ2v) is 11.1. The first-order chi connectivity index (χ1) is 21.3. The largest absolute Gasteiger partial charge is 0.417 e. The molecule has 2 aliphatic rings. The number of likely N-dealkylation sites (N-methyl/N-ethyl adjacent to an activating group) is 1. The molecule has 45 heavy (non-hydrogen) atoms. The van der Waals surface area contributed by atoms with Crippen LogP contribution in [0.15, 0.2) is 41.9 Å². The van der Waals surface area contributed by atoms with E-state index >= 15 is 8.78 Å². The fraction of sp³-hybridized carbons (Fsp3) is 0.467. The standard InChI is InChI=1S/C30H36F5N7O3/c1-17-14-42(15-18(2)40(17)5)24-10-23(31)25(20-11-37-29(38-12-20)41-7-9-45-19(3)16-41)26(32)27(24)39-28(44)21(13-36-4)22(6-8-43)30(33,34)35/h6,8,10-13,17-19,36H,7,9,14-16H2,1-5H3,(H,39,44)/b21-13+,22-6+. The number of halogens is 5. The van der Waals surface area contributed by atoms with Gasteiger partial charge in [-0.05, 0) is 33.9 Å². The number of aldehydes is 1. The van der Waals surface area contributed by atoms with Crippen LogP contribution < -0.4 is 20.4 Å². The number of carbonyl (C=O) groups excluding carboxylic acids is 2. The zero-order valence-electron chi connectivity index (χ0n) is 25.6. The molecule has 3 heterocycles. The van der Waals surface area contributed by atoms with Crippen molar-refractivity contribution in [2.75, 3.05) is 62.0 Å². The Hall–Kier alpha value is -4.11. The Kier molecular flexibility index (Phi) is 10.4. The number of ether oxygens (including phenoxy) is 1. The SMILES string of the molecule is CN/C=C(C(=O)Nc1c(N2CC(C)N(C)C(C)C2)cc(F)c(-c2cnc(N3CCOC(C)C3)nc2)c1F)\C(=C/C=O)C(F)(F)F. The molecule has 1 aromatic carbocycles. The highest BCUT2D eigenvalue weighted by Crippen LogP contribution is 2.40. The Labute approximate surface area is 257 Å². The summed E-state index contributed by atoms with van der Waals surface area (Å²) in [6, 6.07) is 0.933. The topological polar surface area (TPSA) is 103 Å². The lowest BCUT2D eigenvalue weighted by molar-refractivity contribution is -0.115. The van der Waals surface area contributed by atoms with Crippen LogP contribution in [0.4, 0.5) is 39.3 Å². The Morgan fingerprint density at radius 1 is 1.07 bits per heavy atom. The van der Waals surface area contributed by atoms with Crippen LogP contribution in [0, 0.1) is 11.6 Å². The monoisotopic (exact) mass is 637 g/mol. The number of aromatic nitrogens is 2. The number of nitrogens with zero attached hydrogens (tertiary/aromatic N) is 5. The number of rotatable bonds is 8. The van der Waals surface area contributed by atoms with Crippen LogP contribution in [0.5, 0.6) is 0 Å². The van der Waals surface area contributed by atoms with Crippen molar-refractivity contribution in [2.24, 2.45) is 0 Å². The number of benzene rings is 1. The minimum absolute atomic E-state index is 0.0416. The van der Waals surface area contributed by atoms with Gasteiger partial charge in [0.05, 0.1) is 35.1 Å². The summed E-state index contributed by atoms with van der Waals surface area (Å²) in [5.41, 5.74) is -3.70. The molecule has 0 saturated carbocycles. The normalized spacial score (nSPS) is 22.0. The van der Waals surface area contributed by atoms with Crippen molar-refractivity contribution < 1.29 is 36.3 Å². The van der Waals surface area contributed by atoms with Gasteiger partial charge in [-0.3, -0.25) is 14.5 Å². The number of amides is 1. The number of alkyl halides is 3. The first-order valence-corrected chi connectivity index (χ1v) is 14.4. The zero-order chi connectivity index (χ0) is 33.1. The maximum atomic E-state index is 16.5. The number of piperazine rings is 1. The third-order valence-corrected chi connectivity index (χ3v) is 7.95. The van der Waals surface area contributed by atoms with E-state index in [-0.39, 0.29) is 41.8 Å². The summed E-state index contributed by atoms with van der Waals surface area (Å²) in [6.45, 7) is 7.88. The van der Waals surface area contributed by atoms with Gasteiger partial charge in [-0.2, -0.15) is 13.2 Å². The smallest absolute Gasteiger partial charge is 0.393 e. The molecule has 1 amide bonds. The summed E-state index contributed by atoms with van der Waals surface area (Å²) in [5, 5.41) is 4.61. The van der Waals surface area contributed by atoms with E-state index in [1.807, 2.05) is 32.7 Å². The summed E-state index contributed by atoms with van der Waals surface area (Å²) >= 11 is 0. The van der Waals surface area contributed by atoms with Crippen LogP contribution in [-0.4, -0.2) is 98.3 Å². The summed E-state index contributed by atoms with van der Waals surface area (Å²) in [7, 11) is 3.17. The third kappa shape index (κ3) is 7.41. The average molecular weight is 638 g/mol. The van der Waals surface area contributed by atoms with Crippen LogP contribution in [0.2, 0.25) is 0 Å². The summed E-state index contributed by atoms with van der Waals surface area (Å²) in [6.07, 6.45) is -1.80. The molecule has 2 aliphatic heterocycles. The highest BCUT2D eigenvalue weighted by molar-refractivity contribution is 6.09. The molecular formula is C30H36F5N7O3. The first kappa shape index (κ1) is 33.8. The molecule has 10 nitrogen and oxygen atoms in total. The molecule has 3 unspecified atom stereocenters. The molecule has 0 spiro atoms. The molecule has 0 radical (unpaired) electrons. The molecule has 2 saturated heterocycles. The second-order valence-electron chi connectivity index (χ2n) is 11.1.